The molecule has 0 aliphatic rings. The van der Waals surface area contributed by atoms with Crippen molar-refractivity contribution in [2.45, 2.75) is 26.1 Å². The molecule has 0 amide bonds. The molecule has 110 valence electrons. The fourth-order valence-corrected chi connectivity index (χ4v) is 1.69. The number of rotatable bonds is 3. The number of hydrogen-bond acceptors (Lipinski definition) is 3. The van der Waals surface area contributed by atoms with Crippen LogP contribution in [0.3, 0.4) is 0 Å². The molecule has 0 saturated heterocycles. The van der Waals surface area contributed by atoms with E-state index in [9.17, 15) is 13.2 Å². The van der Waals surface area contributed by atoms with Gasteiger partial charge < -0.3 is 4.74 Å². The average molecular weight is 295 g/mol. The Morgan fingerprint density at radius 2 is 1.86 bits per heavy atom. The van der Waals surface area contributed by atoms with Crippen LogP contribution >= 0.6 is 0 Å². The van der Waals surface area contributed by atoms with Gasteiger partial charge in [-0.2, -0.15) is 23.5 Å². The molecule has 0 N–H and O–H groups in total. The third kappa shape index (κ3) is 3.34. The van der Waals surface area contributed by atoms with Gasteiger partial charge in [-0.05, 0) is 38.1 Å². The quantitative estimate of drug-likeness (QED) is 0.870. The number of benzene rings is 1. The molecule has 0 unspecified atom stereocenters. The van der Waals surface area contributed by atoms with Crippen molar-refractivity contribution in [3.8, 4) is 17.6 Å². The van der Waals surface area contributed by atoms with Crippen LogP contribution < -0.4 is 4.74 Å². The summed E-state index contributed by atoms with van der Waals surface area (Å²) in [7, 11) is 0. The first-order chi connectivity index (χ1) is 9.81. The van der Waals surface area contributed by atoms with E-state index in [0.29, 0.717) is 11.3 Å². The number of aromatic nitrogens is 2. The van der Waals surface area contributed by atoms with E-state index in [2.05, 4.69) is 5.10 Å². The SMILES string of the molecule is CC(C)Oc1cc(C(F)(F)F)nn1-c1ccc(C#N)cc1. The van der Waals surface area contributed by atoms with Crippen LogP contribution in [0, 0.1) is 11.3 Å². The van der Waals surface area contributed by atoms with Crippen LogP contribution in [-0.4, -0.2) is 15.9 Å². The van der Waals surface area contributed by atoms with Gasteiger partial charge in [0.2, 0.25) is 5.88 Å². The molecule has 2 rings (SSSR count). The second-order valence-corrected chi connectivity index (χ2v) is 4.60. The molecule has 2 aromatic rings. The van der Waals surface area contributed by atoms with Crippen LogP contribution in [0.2, 0.25) is 0 Å². The summed E-state index contributed by atoms with van der Waals surface area (Å²) in [6, 6.07) is 8.83. The average Bonchev–Trinajstić information content (AvgIpc) is 2.82. The summed E-state index contributed by atoms with van der Waals surface area (Å²) in [6.07, 6.45) is -4.84. The lowest BCUT2D eigenvalue weighted by Crippen LogP contribution is -2.10. The third-order valence-corrected chi connectivity index (χ3v) is 2.56. The van der Waals surface area contributed by atoms with Crippen LogP contribution in [0.5, 0.6) is 5.88 Å². The van der Waals surface area contributed by atoms with Crippen molar-refractivity contribution < 1.29 is 17.9 Å². The highest BCUT2D eigenvalue weighted by molar-refractivity contribution is 5.41. The Balaban J connectivity index is 2.49. The number of alkyl halides is 3. The maximum absolute atomic E-state index is 12.8. The van der Waals surface area contributed by atoms with E-state index in [1.165, 1.54) is 24.3 Å². The molecule has 7 heteroatoms. The number of ether oxygens (including phenoxy) is 1. The number of halogens is 3. The Hall–Kier alpha value is -2.49. The maximum atomic E-state index is 12.8. The fraction of sp³-hybridized carbons (Fsp3) is 0.286. The molecule has 0 spiro atoms. The molecule has 0 aliphatic carbocycles. The Bertz CT molecular complexity index is 666. The monoisotopic (exact) mass is 295 g/mol. The highest BCUT2D eigenvalue weighted by Gasteiger charge is 2.35. The molecule has 1 aromatic heterocycles. The van der Waals surface area contributed by atoms with Crippen LogP contribution in [0.1, 0.15) is 25.1 Å². The van der Waals surface area contributed by atoms with Gasteiger partial charge in [-0.1, -0.05) is 0 Å². The predicted molar refractivity (Wildman–Crippen MR) is 69.0 cm³/mol. The van der Waals surface area contributed by atoms with Crippen molar-refractivity contribution in [1.29, 1.82) is 5.26 Å². The van der Waals surface area contributed by atoms with Crippen molar-refractivity contribution in [2.24, 2.45) is 0 Å². The third-order valence-electron chi connectivity index (χ3n) is 2.56. The first-order valence-corrected chi connectivity index (χ1v) is 6.15. The molecule has 1 aromatic carbocycles. The van der Waals surface area contributed by atoms with E-state index in [1.54, 1.807) is 13.8 Å². The van der Waals surface area contributed by atoms with Crippen molar-refractivity contribution >= 4 is 0 Å². The molecule has 4 nitrogen and oxygen atoms in total. The lowest BCUT2D eigenvalue weighted by Gasteiger charge is -2.11. The smallest absolute Gasteiger partial charge is 0.435 e. The summed E-state index contributed by atoms with van der Waals surface area (Å²) < 4.78 is 44.8. The number of nitriles is 1. The van der Waals surface area contributed by atoms with Gasteiger partial charge in [0, 0.05) is 6.07 Å². The Kier molecular flexibility index (Phi) is 3.89. The van der Waals surface area contributed by atoms with Crippen LogP contribution in [0.4, 0.5) is 13.2 Å². The van der Waals surface area contributed by atoms with Crippen LogP contribution in [0.25, 0.3) is 5.69 Å². The first kappa shape index (κ1) is 14.9. The summed E-state index contributed by atoms with van der Waals surface area (Å²) in [6.45, 7) is 3.42. The second kappa shape index (κ2) is 5.48. The molecule has 0 atom stereocenters. The molecule has 0 fully saturated rings. The second-order valence-electron chi connectivity index (χ2n) is 4.60. The van der Waals surface area contributed by atoms with E-state index in [0.717, 1.165) is 10.7 Å². The summed E-state index contributed by atoms with van der Waals surface area (Å²) in [5.74, 6) is 0.00188. The Morgan fingerprint density at radius 1 is 1.24 bits per heavy atom. The summed E-state index contributed by atoms with van der Waals surface area (Å²) in [5.41, 5.74) is -0.226. The van der Waals surface area contributed by atoms with E-state index in [4.69, 9.17) is 10.00 Å². The van der Waals surface area contributed by atoms with Gasteiger partial charge in [0.25, 0.3) is 0 Å². The van der Waals surface area contributed by atoms with E-state index < -0.39 is 11.9 Å². The van der Waals surface area contributed by atoms with Gasteiger partial charge in [-0.25, -0.2) is 4.68 Å². The zero-order valence-electron chi connectivity index (χ0n) is 11.3. The predicted octanol–water partition coefficient (Wildman–Crippen LogP) is 3.55. The summed E-state index contributed by atoms with van der Waals surface area (Å²) in [5, 5.41) is 12.3. The fourth-order valence-electron chi connectivity index (χ4n) is 1.69. The Morgan fingerprint density at radius 3 is 2.33 bits per heavy atom. The van der Waals surface area contributed by atoms with E-state index in [-0.39, 0.29) is 12.0 Å². The van der Waals surface area contributed by atoms with Gasteiger partial charge in [0.1, 0.15) is 0 Å². The minimum Gasteiger partial charge on any atom is -0.475 e. The van der Waals surface area contributed by atoms with Crippen molar-refractivity contribution in [2.75, 3.05) is 0 Å². The molecular weight excluding hydrogens is 283 g/mol. The molecule has 0 bridgehead atoms. The van der Waals surface area contributed by atoms with Crippen LogP contribution in [0.15, 0.2) is 30.3 Å². The zero-order valence-corrected chi connectivity index (χ0v) is 11.3. The highest BCUT2D eigenvalue weighted by atomic mass is 19.4. The number of nitrogens with zero attached hydrogens (tertiary/aromatic N) is 3. The molecular formula is C14H12F3N3O. The van der Waals surface area contributed by atoms with Gasteiger partial charge in [0.05, 0.1) is 23.4 Å². The van der Waals surface area contributed by atoms with Gasteiger partial charge >= 0.3 is 6.18 Å². The highest BCUT2D eigenvalue weighted by Crippen LogP contribution is 2.32. The lowest BCUT2D eigenvalue weighted by molar-refractivity contribution is -0.141. The van der Waals surface area contributed by atoms with Crippen LogP contribution in [-0.2, 0) is 6.18 Å². The topological polar surface area (TPSA) is 50.8 Å². The minimum atomic E-state index is -4.55. The molecule has 1 heterocycles. The first-order valence-electron chi connectivity index (χ1n) is 6.15. The van der Waals surface area contributed by atoms with Gasteiger partial charge in [-0.3, -0.25) is 0 Å². The minimum absolute atomic E-state index is 0.00188. The lowest BCUT2D eigenvalue weighted by atomic mass is 10.2. The maximum Gasteiger partial charge on any atom is 0.435 e. The van der Waals surface area contributed by atoms with Gasteiger partial charge in [-0.15, -0.1) is 0 Å². The van der Waals surface area contributed by atoms with Gasteiger partial charge in [0.15, 0.2) is 5.69 Å². The standard InChI is InChI=1S/C14H12F3N3O/c1-9(2)21-13-7-12(14(15,16)17)19-20(13)11-5-3-10(8-18)4-6-11/h3-7,9H,1-2H3. The summed E-state index contributed by atoms with van der Waals surface area (Å²) >= 11 is 0. The summed E-state index contributed by atoms with van der Waals surface area (Å²) in [4.78, 5) is 0. The van der Waals surface area contributed by atoms with Crippen molar-refractivity contribution in [3.05, 3.63) is 41.6 Å². The zero-order chi connectivity index (χ0) is 15.6. The van der Waals surface area contributed by atoms with Crippen molar-refractivity contribution in [1.82, 2.24) is 9.78 Å². The Labute approximate surface area is 119 Å². The largest absolute Gasteiger partial charge is 0.475 e. The molecule has 0 radical (unpaired) electrons. The number of hydrogen-bond donors (Lipinski definition) is 0. The normalized spacial score (nSPS) is 11.5. The van der Waals surface area contributed by atoms with E-state index in [1.807, 2.05) is 6.07 Å². The molecule has 0 saturated carbocycles. The van der Waals surface area contributed by atoms with Crippen molar-refractivity contribution in [3.63, 3.8) is 0 Å². The molecule has 21 heavy (non-hydrogen) atoms. The van der Waals surface area contributed by atoms with E-state index >= 15 is 0 Å². The molecule has 0 aliphatic heterocycles.